The Hall–Kier alpha value is -1.79. The van der Waals surface area contributed by atoms with E-state index in [1.807, 2.05) is 29.3 Å². The number of hydrazine groups is 1. The Bertz CT molecular complexity index is 460. The van der Waals surface area contributed by atoms with Crippen molar-refractivity contribution in [1.82, 2.24) is 10.4 Å². The SMILES string of the molecule is O=C(NN1CCOCC1)C1CNc2ccccc2O1. The van der Waals surface area contributed by atoms with Crippen LogP contribution in [0.1, 0.15) is 0 Å². The van der Waals surface area contributed by atoms with E-state index in [0.29, 0.717) is 32.8 Å². The van der Waals surface area contributed by atoms with Gasteiger partial charge in [-0.25, -0.2) is 5.01 Å². The van der Waals surface area contributed by atoms with Crippen LogP contribution in [0.4, 0.5) is 5.69 Å². The highest BCUT2D eigenvalue weighted by Gasteiger charge is 2.27. The Morgan fingerprint density at radius 3 is 2.95 bits per heavy atom. The van der Waals surface area contributed by atoms with Crippen LogP contribution in [0.2, 0.25) is 0 Å². The van der Waals surface area contributed by atoms with Gasteiger partial charge in [0.1, 0.15) is 5.75 Å². The molecule has 19 heavy (non-hydrogen) atoms. The molecule has 2 N–H and O–H groups in total. The van der Waals surface area contributed by atoms with Crippen molar-refractivity contribution < 1.29 is 14.3 Å². The van der Waals surface area contributed by atoms with Gasteiger partial charge in [0.15, 0.2) is 6.10 Å². The number of para-hydroxylation sites is 2. The molecule has 1 fully saturated rings. The number of ether oxygens (including phenoxy) is 2. The molecule has 6 nitrogen and oxygen atoms in total. The van der Waals surface area contributed by atoms with Crippen LogP contribution in [0.3, 0.4) is 0 Å². The second-order valence-electron chi connectivity index (χ2n) is 4.56. The number of benzene rings is 1. The van der Waals surface area contributed by atoms with Crippen LogP contribution in [0.15, 0.2) is 24.3 Å². The average Bonchev–Trinajstić information content (AvgIpc) is 2.48. The number of amides is 1. The van der Waals surface area contributed by atoms with Crippen LogP contribution in [0, 0.1) is 0 Å². The minimum absolute atomic E-state index is 0.121. The fourth-order valence-electron chi connectivity index (χ4n) is 2.16. The van der Waals surface area contributed by atoms with Gasteiger partial charge in [-0.05, 0) is 12.1 Å². The monoisotopic (exact) mass is 263 g/mol. The maximum atomic E-state index is 12.1. The summed E-state index contributed by atoms with van der Waals surface area (Å²) in [7, 11) is 0. The van der Waals surface area contributed by atoms with Gasteiger partial charge in [-0.1, -0.05) is 12.1 Å². The van der Waals surface area contributed by atoms with E-state index in [2.05, 4.69) is 10.7 Å². The van der Waals surface area contributed by atoms with E-state index in [4.69, 9.17) is 9.47 Å². The van der Waals surface area contributed by atoms with Crippen molar-refractivity contribution in [2.24, 2.45) is 0 Å². The van der Waals surface area contributed by atoms with E-state index in [0.717, 1.165) is 11.4 Å². The molecule has 0 bridgehead atoms. The lowest BCUT2D eigenvalue weighted by Crippen LogP contribution is -2.54. The number of carbonyl (C=O) groups is 1. The molecule has 0 aromatic heterocycles. The molecule has 0 spiro atoms. The van der Waals surface area contributed by atoms with Crippen molar-refractivity contribution >= 4 is 11.6 Å². The molecule has 1 unspecified atom stereocenters. The summed E-state index contributed by atoms with van der Waals surface area (Å²) >= 11 is 0. The van der Waals surface area contributed by atoms with Gasteiger partial charge in [-0.2, -0.15) is 0 Å². The first-order chi connectivity index (χ1) is 9.33. The number of morpholine rings is 1. The lowest BCUT2D eigenvalue weighted by Gasteiger charge is -2.31. The molecular weight excluding hydrogens is 246 g/mol. The molecule has 1 aromatic carbocycles. The Labute approximate surface area is 111 Å². The fourth-order valence-corrected chi connectivity index (χ4v) is 2.16. The first kappa shape index (κ1) is 12.3. The normalized spacial score (nSPS) is 22.8. The molecular formula is C13H17N3O3. The number of nitrogens with zero attached hydrogens (tertiary/aromatic N) is 1. The maximum Gasteiger partial charge on any atom is 0.277 e. The molecule has 3 rings (SSSR count). The molecule has 2 aliphatic heterocycles. The van der Waals surface area contributed by atoms with Crippen LogP contribution >= 0.6 is 0 Å². The lowest BCUT2D eigenvalue weighted by atomic mass is 10.2. The van der Waals surface area contributed by atoms with Gasteiger partial charge < -0.3 is 14.8 Å². The van der Waals surface area contributed by atoms with Gasteiger partial charge in [0, 0.05) is 13.1 Å². The largest absolute Gasteiger partial charge is 0.476 e. The third-order valence-electron chi connectivity index (χ3n) is 3.21. The molecule has 2 aliphatic rings. The zero-order valence-electron chi connectivity index (χ0n) is 10.6. The number of hydrogen-bond donors (Lipinski definition) is 2. The summed E-state index contributed by atoms with van der Waals surface area (Å²) < 4.78 is 10.9. The third kappa shape index (κ3) is 2.80. The molecule has 0 aliphatic carbocycles. The maximum absolute atomic E-state index is 12.1. The molecule has 1 aromatic rings. The van der Waals surface area contributed by atoms with Gasteiger partial charge in [0.25, 0.3) is 5.91 Å². The third-order valence-corrected chi connectivity index (χ3v) is 3.21. The smallest absolute Gasteiger partial charge is 0.277 e. The zero-order valence-corrected chi connectivity index (χ0v) is 10.6. The Balaban J connectivity index is 1.59. The van der Waals surface area contributed by atoms with Crippen LogP contribution in [-0.4, -0.2) is 49.9 Å². The molecule has 1 amide bonds. The van der Waals surface area contributed by atoms with Crippen molar-refractivity contribution in [3.05, 3.63) is 24.3 Å². The van der Waals surface area contributed by atoms with Crippen LogP contribution in [-0.2, 0) is 9.53 Å². The van der Waals surface area contributed by atoms with Crippen LogP contribution < -0.4 is 15.5 Å². The molecule has 0 radical (unpaired) electrons. The number of hydrogen-bond acceptors (Lipinski definition) is 5. The number of rotatable bonds is 2. The summed E-state index contributed by atoms with van der Waals surface area (Å²) in [6, 6.07) is 7.62. The summed E-state index contributed by atoms with van der Waals surface area (Å²) in [5.74, 6) is 0.597. The minimum atomic E-state index is -0.502. The average molecular weight is 263 g/mol. The van der Waals surface area contributed by atoms with Gasteiger partial charge in [-0.15, -0.1) is 0 Å². The Morgan fingerprint density at radius 1 is 1.32 bits per heavy atom. The first-order valence-electron chi connectivity index (χ1n) is 6.46. The van der Waals surface area contributed by atoms with Gasteiger partial charge in [0.2, 0.25) is 0 Å². The predicted molar refractivity (Wildman–Crippen MR) is 69.9 cm³/mol. The molecule has 6 heteroatoms. The Morgan fingerprint density at radius 2 is 2.11 bits per heavy atom. The lowest BCUT2D eigenvalue weighted by molar-refractivity contribution is -0.134. The zero-order chi connectivity index (χ0) is 13.1. The summed E-state index contributed by atoms with van der Waals surface area (Å²) in [6.45, 7) is 3.19. The van der Waals surface area contributed by atoms with E-state index >= 15 is 0 Å². The second-order valence-corrected chi connectivity index (χ2v) is 4.56. The van der Waals surface area contributed by atoms with Crippen molar-refractivity contribution in [3.63, 3.8) is 0 Å². The van der Waals surface area contributed by atoms with E-state index < -0.39 is 6.10 Å². The minimum Gasteiger partial charge on any atom is -0.476 e. The topological polar surface area (TPSA) is 62.8 Å². The van der Waals surface area contributed by atoms with E-state index in [-0.39, 0.29) is 5.91 Å². The quantitative estimate of drug-likeness (QED) is 0.799. The molecule has 2 heterocycles. The van der Waals surface area contributed by atoms with Crippen LogP contribution in [0.25, 0.3) is 0 Å². The molecule has 1 saturated heterocycles. The summed E-state index contributed by atoms with van der Waals surface area (Å²) in [5, 5.41) is 5.07. The highest BCUT2D eigenvalue weighted by molar-refractivity contribution is 5.82. The Kier molecular flexibility index (Phi) is 3.52. The van der Waals surface area contributed by atoms with Crippen molar-refractivity contribution in [3.8, 4) is 5.75 Å². The van der Waals surface area contributed by atoms with E-state index in [1.165, 1.54) is 0 Å². The first-order valence-corrected chi connectivity index (χ1v) is 6.46. The van der Waals surface area contributed by atoms with Gasteiger partial charge in [-0.3, -0.25) is 10.2 Å². The highest BCUT2D eigenvalue weighted by Crippen LogP contribution is 2.28. The van der Waals surface area contributed by atoms with Crippen molar-refractivity contribution in [1.29, 1.82) is 0 Å². The molecule has 0 saturated carbocycles. The molecule has 1 atom stereocenters. The van der Waals surface area contributed by atoms with E-state index in [9.17, 15) is 4.79 Å². The summed E-state index contributed by atoms with van der Waals surface area (Å²) in [5.41, 5.74) is 3.80. The summed E-state index contributed by atoms with van der Waals surface area (Å²) in [6.07, 6.45) is -0.502. The number of anilines is 1. The second kappa shape index (κ2) is 5.46. The number of nitrogens with one attached hydrogen (secondary N) is 2. The van der Waals surface area contributed by atoms with E-state index in [1.54, 1.807) is 0 Å². The summed E-state index contributed by atoms with van der Waals surface area (Å²) in [4.78, 5) is 12.1. The van der Waals surface area contributed by atoms with Gasteiger partial charge >= 0.3 is 0 Å². The number of fused-ring (bicyclic) bond motifs is 1. The van der Waals surface area contributed by atoms with Crippen molar-refractivity contribution in [2.75, 3.05) is 38.2 Å². The van der Waals surface area contributed by atoms with Gasteiger partial charge in [0.05, 0.1) is 25.4 Å². The highest BCUT2D eigenvalue weighted by atomic mass is 16.5. The van der Waals surface area contributed by atoms with Crippen LogP contribution in [0.5, 0.6) is 5.75 Å². The molecule has 102 valence electrons. The predicted octanol–water partition coefficient (Wildman–Crippen LogP) is 0.223. The standard InChI is InChI=1S/C13H17N3O3/c17-13(15-16-5-7-18-8-6-16)12-9-14-10-3-1-2-4-11(10)19-12/h1-4,12,14H,5-9H2,(H,15,17). The van der Waals surface area contributed by atoms with Crippen molar-refractivity contribution in [2.45, 2.75) is 6.10 Å². The fraction of sp³-hybridized carbons (Fsp3) is 0.462. The number of carbonyl (C=O) groups excluding carboxylic acids is 1.